The summed E-state index contributed by atoms with van der Waals surface area (Å²) in [6.45, 7) is 9.30. The number of benzene rings is 1. The predicted octanol–water partition coefficient (Wildman–Crippen LogP) is 4.11. The minimum atomic E-state index is -1.34. The third-order valence-corrected chi connectivity index (χ3v) is 4.61. The Morgan fingerprint density at radius 1 is 1.21 bits per heavy atom. The fourth-order valence-electron chi connectivity index (χ4n) is 2.95. The maximum atomic E-state index is 12.6. The van der Waals surface area contributed by atoms with Crippen molar-refractivity contribution in [2.75, 3.05) is 11.9 Å². The number of aryl methyl sites for hydroxylation is 1. The Morgan fingerprint density at radius 2 is 1.86 bits per heavy atom. The molecule has 0 saturated carbocycles. The van der Waals surface area contributed by atoms with Gasteiger partial charge in [0.1, 0.15) is 11.3 Å². The Hall–Kier alpha value is -2.90. The molecule has 0 aliphatic rings. The van der Waals surface area contributed by atoms with Crippen LogP contribution in [0.15, 0.2) is 23.1 Å². The van der Waals surface area contributed by atoms with Crippen LogP contribution in [0.2, 0.25) is 0 Å². The molecule has 0 unspecified atom stereocenters. The number of aromatic carboxylic acids is 1. The van der Waals surface area contributed by atoms with E-state index in [0.717, 1.165) is 12.8 Å². The van der Waals surface area contributed by atoms with Crippen LogP contribution in [0.4, 0.5) is 11.4 Å². The summed E-state index contributed by atoms with van der Waals surface area (Å²) in [7, 11) is 0. The van der Waals surface area contributed by atoms with Crippen LogP contribution in [0, 0.1) is 22.0 Å². The molecule has 8 nitrogen and oxygen atoms in total. The molecule has 0 saturated heterocycles. The van der Waals surface area contributed by atoms with E-state index in [0.29, 0.717) is 36.1 Å². The van der Waals surface area contributed by atoms with Crippen LogP contribution >= 0.6 is 0 Å². The molecule has 8 heteroatoms. The van der Waals surface area contributed by atoms with Crippen LogP contribution in [0.3, 0.4) is 0 Å². The highest BCUT2D eigenvalue weighted by molar-refractivity contribution is 5.95. The summed E-state index contributed by atoms with van der Waals surface area (Å²) in [5, 5.41) is 24.0. The second-order valence-corrected chi connectivity index (χ2v) is 7.81. The number of carboxylic acids is 1. The third kappa shape index (κ3) is 4.88. The molecular formula is C20H27N3O5. The molecule has 2 aromatic rings. The molecule has 0 atom stereocenters. The van der Waals surface area contributed by atoms with Crippen LogP contribution in [0.25, 0.3) is 10.9 Å². The lowest BCUT2D eigenvalue weighted by molar-refractivity contribution is -0.383. The monoisotopic (exact) mass is 389 g/mol. The number of nitro groups is 1. The van der Waals surface area contributed by atoms with Crippen molar-refractivity contribution < 1.29 is 14.8 Å². The van der Waals surface area contributed by atoms with E-state index in [4.69, 9.17) is 0 Å². The largest absolute Gasteiger partial charge is 0.477 e. The highest BCUT2D eigenvalue weighted by Gasteiger charge is 2.21. The van der Waals surface area contributed by atoms with Crippen LogP contribution < -0.4 is 10.7 Å². The maximum Gasteiger partial charge on any atom is 0.341 e. The molecule has 2 rings (SSSR count). The number of carbonyl (C=O) groups is 1. The van der Waals surface area contributed by atoms with Gasteiger partial charge in [0.05, 0.1) is 15.8 Å². The van der Waals surface area contributed by atoms with E-state index in [1.54, 1.807) is 10.6 Å². The molecule has 0 radical (unpaired) electrons. The SMILES string of the molecule is CC(C)CCNc1cc2c(cc1[N+](=O)[O-])c(=O)c(C(=O)O)cn2CCC(C)C. The average Bonchev–Trinajstić information content (AvgIpc) is 2.59. The lowest BCUT2D eigenvalue weighted by Gasteiger charge is -2.16. The minimum absolute atomic E-state index is 0.0461. The zero-order valence-electron chi connectivity index (χ0n) is 16.7. The lowest BCUT2D eigenvalue weighted by Crippen LogP contribution is -2.20. The van der Waals surface area contributed by atoms with Crippen LogP contribution in [0.1, 0.15) is 50.9 Å². The van der Waals surface area contributed by atoms with Gasteiger partial charge in [-0.15, -0.1) is 0 Å². The molecule has 0 bridgehead atoms. The fraction of sp³-hybridized carbons (Fsp3) is 0.500. The van der Waals surface area contributed by atoms with E-state index in [-0.39, 0.29) is 16.6 Å². The second-order valence-electron chi connectivity index (χ2n) is 7.81. The maximum absolute atomic E-state index is 12.6. The smallest absolute Gasteiger partial charge is 0.341 e. The number of anilines is 1. The summed E-state index contributed by atoms with van der Waals surface area (Å²) < 4.78 is 1.71. The van der Waals surface area contributed by atoms with Gasteiger partial charge in [-0.2, -0.15) is 0 Å². The van der Waals surface area contributed by atoms with Gasteiger partial charge in [0.15, 0.2) is 0 Å². The predicted molar refractivity (Wildman–Crippen MR) is 109 cm³/mol. The Labute approximate surface area is 163 Å². The van der Waals surface area contributed by atoms with Crippen molar-refractivity contribution >= 4 is 28.2 Å². The minimum Gasteiger partial charge on any atom is -0.477 e. The van der Waals surface area contributed by atoms with Gasteiger partial charge in [-0.3, -0.25) is 14.9 Å². The molecule has 1 aromatic carbocycles. The van der Waals surface area contributed by atoms with E-state index in [2.05, 4.69) is 19.2 Å². The van der Waals surface area contributed by atoms with E-state index in [9.17, 15) is 24.8 Å². The highest BCUT2D eigenvalue weighted by Crippen LogP contribution is 2.30. The van der Waals surface area contributed by atoms with E-state index >= 15 is 0 Å². The topological polar surface area (TPSA) is 114 Å². The summed E-state index contributed by atoms with van der Waals surface area (Å²) in [5.74, 6) is -0.522. The highest BCUT2D eigenvalue weighted by atomic mass is 16.6. The Morgan fingerprint density at radius 3 is 2.39 bits per heavy atom. The molecule has 1 heterocycles. The number of nitro benzene ring substituents is 1. The van der Waals surface area contributed by atoms with Gasteiger partial charge < -0.3 is 15.0 Å². The third-order valence-electron chi connectivity index (χ3n) is 4.61. The van der Waals surface area contributed by atoms with Crippen molar-refractivity contribution in [1.82, 2.24) is 4.57 Å². The number of carboxylic acid groups (broad SMARTS) is 1. The van der Waals surface area contributed by atoms with Crippen molar-refractivity contribution in [1.29, 1.82) is 0 Å². The Bertz CT molecular complexity index is 947. The molecule has 0 aliphatic heterocycles. The average molecular weight is 389 g/mol. The molecule has 152 valence electrons. The molecule has 2 N–H and O–H groups in total. The van der Waals surface area contributed by atoms with Gasteiger partial charge >= 0.3 is 5.97 Å². The number of aromatic nitrogens is 1. The van der Waals surface area contributed by atoms with Crippen molar-refractivity contribution in [3.8, 4) is 0 Å². The molecule has 0 spiro atoms. The number of pyridine rings is 1. The van der Waals surface area contributed by atoms with Gasteiger partial charge in [0.2, 0.25) is 5.43 Å². The zero-order valence-corrected chi connectivity index (χ0v) is 16.7. The van der Waals surface area contributed by atoms with Crippen molar-refractivity contribution in [2.24, 2.45) is 11.8 Å². The van der Waals surface area contributed by atoms with Crippen molar-refractivity contribution in [3.63, 3.8) is 0 Å². The van der Waals surface area contributed by atoms with E-state index in [1.165, 1.54) is 12.3 Å². The van der Waals surface area contributed by atoms with Gasteiger partial charge in [-0.1, -0.05) is 27.7 Å². The number of rotatable bonds is 9. The van der Waals surface area contributed by atoms with Gasteiger partial charge in [-0.25, -0.2) is 4.79 Å². The summed E-state index contributed by atoms with van der Waals surface area (Å²) in [6.07, 6.45) is 2.95. The standard InChI is InChI=1S/C20H27N3O5/c1-12(2)5-7-21-16-10-17-14(9-18(16)23(27)28)19(24)15(20(25)26)11-22(17)8-6-13(3)4/h9-13,21H,5-8H2,1-4H3,(H,25,26). The number of nitrogens with zero attached hydrogens (tertiary/aromatic N) is 2. The molecule has 0 aliphatic carbocycles. The first-order valence-electron chi connectivity index (χ1n) is 9.44. The summed E-state index contributed by atoms with van der Waals surface area (Å²) >= 11 is 0. The van der Waals surface area contributed by atoms with Crippen molar-refractivity contribution in [2.45, 2.75) is 47.1 Å². The molecule has 28 heavy (non-hydrogen) atoms. The van der Waals surface area contributed by atoms with Crippen LogP contribution in [-0.4, -0.2) is 27.1 Å². The number of hydrogen-bond acceptors (Lipinski definition) is 5. The fourth-order valence-corrected chi connectivity index (χ4v) is 2.95. The Kier molecular flexibility index (Phi) is 6.77. The number of hydrogen-bond donors (Lipinski definition) is 2. The van der Waals surface area contributed by atoms with Gasteiger partial charge in [-0.05, 0) is 30.7 Å². The quantitative estimate of drug-likeness (QED) is 0.493. The molecule has 0 fully saturated rings. The summed E-state index contributed by atoms with van der Waals surface area (Å²) in [4.78, 5) is 35.1. The molecule has 1 aromatic heterocycles. The number of nitrogens with one attached hydrogen (secondary N) is 1. The Balaban J connectivity index is 2.68. The number of fused-ring (bicyclic) bond motifs is 1. The molecular weight excluding hydrogens is 362 g/mol. The first-order chi connectivity index (χ1) is 13.1. The zero-order chi connectivity index (χ0) is 21.0. The van der Waals surface area contributed by atoms with Crippen LogP contribution in [-0.2, 0) is 6.54 Å². The summed E-state index contributed by atoms with van der Waals surface area (Å²) in [5.41, 5.74) is -0.496. The molecule has 0 amide bonds. The van der Waals surface area contributed by atoms with Crippen molar-refractivity contribution in [3.05, 3.63) is 44.2 Å². The first-order valence-corrected chi connectivity index (χ1v) is 9.44. The van der Waals surface area contributed by atoms with Gasteiger partial charge in [0, 0.05) is 25.4 Å². The second kappa shape index (κ2) is 8.86. The van der Waals surface area contributed by atoms with Crippen LogP contribution in [0.5, 0.6) is 0 Å². The normalized spacial score (nSPS) is 11.4. The lowest BCUT2D eigenvalue weighted by atomic mass is 10.1. The summed E-state index contributed by atoms with van der Waals surface area (Å²) in [6, 6.07) is 2.77. The first kappa shape index (κ1) is 21.4. The van der Waals surface area contributed by atoms with E-state index < -0.39 is 16.3 Å². The van der Waals surface area contributed by atoms with Gasteiger partial charge in [0.25, 0.3) is 5.69 Å². The van der Waals surface area contributed by atoms with E-state index in [1.807, 2.05) is 13.8 Å².